The highest BCUT2D eigenvalue weighted by atomic mass is 19.3. The van der Waals surface area contributed by atoms with E-state index >= 15 is 0 Å². The molecule has 2 aromatic heterocycles. The lowest BCUT2D eigenvalue weighted by Gasteiger charge is -2.32. The summed E-state index contributed by atoms with van der Waals surface area (Å²) in [5.74, 6) is -0.0359. The number of hydrogen-bond acceptors (Lipinski definition) is 5. The Kier molecular flexibility index (Phi) is 4.37. The van der Waals surface area contributed by atoms with Crippen molar-refractivity contribution in [2.45, 2.75) is 52.2 Å². The largest absolute Gasteiger partial charge is 0.514 e. The molecule has 1 aliphatic rings. The summed E-state index contributed by atoms with van der Waals surface area (Å²) < 4.78 is 40.1. The summed E-state index contributed by atoms with van der Waals surface area (Å²) in [6.07, 6.45) is -2.74. The summed E-state index contributed by atoms with van der Waals surface area (Å²) in [4.78, 5) is 4.35. The van der Waals surface area contributed by atoms with Gasteiger partial charge in [-0.05, 0) is 52.8 Å². The van der Waals surface area contributed by atoms with E-state index in [0.717, 1.165) is 0 Å². The third-order valence-electron chi connectivity index (χ3n) is 4.86. The highest BCUT2D eigenvalue weighted by molar-refractivity contribution is 6.61. The standard InChI is InChI=1S/C17H19BF2N4O2/c1-10-8-11(9-21)23-24(10)15-12(14(19)20)6-7-13(22-15)18-25-16(2,3)17(4,5)26-18/h6-8,14H,1-5H3. The summed E-state index contributed by atoms with van der Waals surface area (Å²) in [5.41, 5.74) is -0.391. The van der Waals surface area contributed by atoms with Gasteiger partial charge >= 0.3 is 7.12 Å². The van der Waals surface area contributed by atoms with Crippen LogP contribution < -0.4 is 5.59 Å². The van der Waals surface area contributed by atoms with Gasteiger partial charge in [-0.25, -0.2) is 18.4 Å². The van der Waals surface area contributed by atoms with Crippen LogP contribution in [0.4, 0.5) is 8.78 Å². The van der Waals surface area contributed by atoms with E-state index in [-0.39, 0.29) is 17.1 Å². The van der Waals surface area contributed by atoms with Gasteiger partial charge in [-0.3, -0.25) is 0 Å². The van der Waals surface area contributed by atoms with Crippen molar-refractivity contribution < 1.29 is 18.1 Å². The molecule has 6 nitrogen and oxygen atoms in total. The van der Waals surface area contributed by atoms with Gasteiger partial charge in [0, 0.05) is 5.69 Å². The van der Waals surface area contributed by atoms with E-state index in [4.69, 9.17) is 14.6 Å². The first kappa shape index (κ1) is 18.5. The number of aromatic nitrogens is 3. The molecule has 0 radical (unpaired) electrons. The zero-order chi connectivity index (χ0) is 19.3. The second-order valence-electron chi connectivity index (χ2n) is 7.23. The lowest BCUT2D eigenvalue weighted by atomic mass is 9.84. The zero-order valence-corrected chi connectivity index (χ0v) is 15.2. The maximum absolute atomic E-state index is 13.5. The minimum atomic E-state index is -2.74. The number of rotatable bonds is 3. The van der Waals surface area contributed by atoms with Crippen molar-refractivity contribution in [3.8, 4) is 11.9 Å². The lowest BCUT2D eigenvalue weighted by molar-refractivity contribution is 0.00578. The Morgan fingerprint density at radius 2 is 1.81 bits per heavy atom. The number of nitriles is 1. The Labute approximate surface area is 150 Å². The van der Waals surface area contributed by atoms with Crippen LogP contribution in [0.2, 0.25) is 0 Å². The van der Waals surface area contributed by atoms with Crippen molar-refractivity contribution in [1.82, 2.24) is 14.8 Å². The van der Waals surface area contributed by atoms with E-state index < -0.39 is 24.7 Å². The van der Waals surface area contributed by atoms with Gasteiger partial charge in [0.05, 0.1) is 22.4 Å². The summed E-state index contributed by atoms with van der Waals surface area (Å²) >= 11 is 0. The van der Waals surface area contributed by atoms with Crippen LogP contribution in [-0.4, -0.2) is 33.1 Å². The molecule has 0 atom stereocenters. The van der Waals surface area contributed by atoms with Crippen LogP contribution in [-0.2, 0) is 9.31 Å². The molecule has 26 heavy (non-hydrogen) atoms. The average molecular weight is 360 g/mol. The maximum Gasteiger partial charge on any atom is 0.514 e. The summed E-state index contributed by atoms with van der Waals surface area (Å²) in [6.45, 7) is 9.28. The Hall–Kier alpha value is -2.31. The van der Waals surface area contributed by atoms with Crippen LogP contribution in [0.25, 0.3) is 5.82 Å². The Balaban J connectivity index is 2.09. The Morgan fingerprint density at radius 1 is 1.19 bits per heavy atom. The molecule has 1 fully saturated rings. The van der Waals surface area contributed by atoms with Gasteiger partial charge in [0.1, 0.15) is 6.07 Å². The molecule has 0 saturated carbocycles. The second kappa shape index (κ2) is 6.14. The third kappa shape index (κ3) is 3.00. The van der Waals surface area contributed by atoms with Crippen LogP contribution >= 0.6 is 0 Å². The van der Waals surface area contributed by atoms with Gasteiger partial charge in [0.2, 0.25) is 0 Å². The first-order valence-corrected chi connectivity index (χ1v) is 8.17. The van der Waals surface area contributed by atoms with Gasteiger partial charge < -0.3 is 9.31 Å². The molecule has 0 bridgehead atoms. The van der Waals surface area contributed by atoms with Crippen molar-refractivity contribution in [3.63, 3.8) is 0 Å². The second-order valence-corrected chi connectivity index (χ2v) is 7.23. The molecule has 0 aromatic carbocycles. The molecular weight excluding hydrogens is 341 g/mol. The van der Waals surface area contributed by atoms with Crippen LogP contribution in [0.3, 0.4) is 0 Å². The number of alkyl halides is 2. The highest BCUT2D eigenvalue weighted by Gasteiger charge is 2.52. The van der Waals surface area contributed by atoms with Crippen LogP contribution in [0.5, 0.6) is 0 Å². The normalized spacial score (nSPS) is 18.3. The van der Waals surface area contributed by atoms with Gasteiger partial charge in [-0.2, -0.15) is 10.4 Å². The van der Waals surface area contributed by atoms with Gasteiger partial charge in [-0.15, -0.1) is 0 Å². The van der Waals surface area contributed by atoms with Gasteiger partial charge in [-0.1, -0.05) is 0 Å². The molecule has 0 spiro atoms. The molecule has 2 aromatic rings. The smallest absolute Gasteiger partial charge is 0.398 e. The molecule has 3 heterocycles. The molecule has 0 aliphatic carbocycles. The molecular formula is C17H19BF2N4O2. The number of pyridine rings is 1. The Bertz CT molecular complexity index is 873. The number of aryl methyl sites for hydroxylation is 1. The fraction of sp³-hybridized carbons (Fsp3) is 0.471. The topological polar surface area (TPSA) is 73.0 Å². The van der Waals surface area contributed by atoms with Crippen molar-refractivity contribution >= 4 is 12.7 Å². The van der Waals surface area contributed by atoms with E-state index in [0.29, 0.717) is 11.3 Å². The van der Waals surface area contributed by atoms with Crippen molar-refractivity contribution in [1.29, 1.82) is 5.26 Å². The van der Waals surface area contributed by atoms with E-state index in [1.54, 1.807) is 6.92 Å². The highest BCUT2D eigenvalue weighted by Crippen LogP contribution is 2.36. The van der Waals surface area contributed by atoms with E-state index in [1.807, 2.05) is 33.8 Å². The van der Waals surface area contributed by atoms with Crippen molar-refractivity contribution in [2.24, 2.45) is 0 Å². The van der Waals surface area contributed by atoms with Crippen LogP contribution in [0, 0.1) is 18.3 Å². The lowest BCUT2D eigenvalue weighted by Crippen LogP contribution is -2.41. The summed E-state index contributed by atoms with van der Waals surface area (Å²) in [7, 11) is -0.781. The molecule has 136 valence electrons. The molecule has 0 amide bonds. The van der Waals surface area contributed by atoms with E-state index in [1.165, 1.54) is 22.9 Å². The van der Waals surface area contributed by atoms with Crippen molar-refractivity contribution in [3.05, 3.63) is 35.2 Å². The van der Waals surface area contributed by atoms with Crippen LogP contribution in [0.15, 0.2) is 18.2 Å². The van der Waals surface area contributed by atoms with Gasteiger partial charge in [0.15, 0.2) is 11.5 Å². The van der Waals surface area contributed by atoms with Gasteiger partial charge in [0.25, 0.3) is 6.43 Å². The van der Waals surface area contributed by atoms with Crippen LogP contribution in [0.1, 0.15) is 51.1 Å². The van der Waals surface area contributed by atoms with Crippen molar-refractivity contribution in [2.75, 3.05) is 0 Å². The molecule has 9 heteroatoms. The quantitative estimate of drug-likeness (QED) is 0.787. The summed E-state index contributed by atoms with van der Waals surface area (Å²) in [5, 5.41) is 13.1. The zero-order valence-electron chi connectivity index (χ0n) is 15.2. The fourth-order valence-electron chi connectivity index (χ4n) is 2.65. The van der Waals surface area contributed by atoms with E-state index in [2.05, 4.69) is 10.1 Å². The predicted molar refractivity (Wildman–Crippen MR) is 91.5 cm³/mol. The number of nitrogens with zero attached hydrogens (tertiary/aromatic N) is 4. The summed E-state index contributed by atoms with van der Waals surface area (Å²) in [6, 6.07) is 6.18. The first-order chi connectivity index (χ1) is 12.1. The average Bonchev–Trinajstić information content (AvgIpc) is 3.03. The molecule has 0 N–H and O–H groups in total. The molecule has 1 aliphatic heterocycles. The number of hydrogen-bond donors (Lipinski definition) is 0. The fourth-order valence-corrected chi connectivity index (χ4v) is 2.65. The van der Waals surface area contributed by atoms with E-state index in [9.17, 15) is 8.78 Å². The first-order valence-electron chi connectivity index (χ1n) is 8.17. The maximum atomic E-state index is 13.5. The number of halogens is 2. The SMILES string of the molecule is Cc1cc(C#N)nn1-c1nc(B2OC(C)(C)C(C)(C)O2)ccc1C(F)F. The Morgan fingerprint density at radius 3 is 2.31 bits per heavy atom. The minimum Gasteiger partial charge on any atom is -0.398 e. The predicted octanol–water partition coefficient (Wildman–Crippen LogP) is 2.68. The molecule has 0 unspecified atom stereocenters. The molecule has 3 rings (SSSR count). The minimum absolute atomic E-state index is 0.0359. The third-order valence-corrected chi connectivity index (χ3v) is 4.86. The monoisotopic (exact) mass is 360 g/mol. The molecule has 1 saturated heterocycles.